The van der Waals surface area contributed by atoms with Crippen molar-refractivity contribution in [1.82, 2.24) is 5.32 Å². The highest BCUT2D eigenvalue weighted by atomic mass is 32.2. The predicted octanol–water partition coefficient (Wildman–Crippen LogP) is 2.75. The molecule has 102 valence electrons. The van der Waals surface area contributed by atoms with Gasteiger partial charge in [-0.2, -0.15) is 11.8 Å². The van der Waals surface area contributed by atoms with E-state index in [0.29, 0.717) is 13.0 Å². The summed E-state index contributed by atoms with van der Waals surface area (Å²) in [6, 6.07) is 3.83. The number of carbonyl (C=O) groups is 1. The molecule has 5 heteroatoms. The fourth-order valence-corrected chi connectivity index (χ4v) is 2.61. The first-order valence-corrected chi connectivity index (χ1v) is 7.32. The first-order valence-electron chi connectivity index (χ1n) is 6.17. The maximum absolute atomic E-state index is 11.2. The summed E-state index contributed by atoms with van der Waals surface area (Å²) in [5.41, 5.74) is -0.806. The van der Waals surface area contributed by atoms with Crippen LogP contribution in [0.5, 0.6) is 0 Å². The van der Waals surface area contributed by atoms with E-state index in [4.69, 9.17) is 4.42 Å². The summed E-state index contributed by atoms with van der Waals surface area (Å²) in [4.78, 5) is 11.2. The zero-order valence-electron chi connectivity index (χ0n) is 10.9. The molecule has 0 radical (unpaired) electrons. The number of likely N-dealkylation sites (N-methyl/N-ethyl adjacent to an activating group) is 1. The summed E-state index contributed by atoms with van der Waals surface area (Å²) in [6.45, 7) is 4.34. The van der Waals surface area contributed by atoms with Crippen LogP contribution in [0.4, 0.5) is 0 Å². The molecule has 4 nitrogen and oxygen atoms in total. The van der Waals surface area contributed by atoms with Crippen molar-refractivity contribution < 1.29 is 14.3 Å². The molecule has 0 saturated carbocycles. The number of hydrogen-bond acceptors (Lipinski definition) is 4. The number of hydrogen-bond donors (Lipinski definition) is 2. The lowest BCUT2D eigenvalue weighted by Crippen LogP contribution is -2.49. The second kappa shape index (κ2) is 7.48. The van der Waals surface area contributed by atoms with Crippen molar-refractivity contribution >= 4 is 17.7 Å². The quantitative estimate of drug-likeness (QED) is 0.676. The van der Waals surface area contributed by atoms with Gasteiger partial charge in [0.25, 0.3) is 0 Å². The van der Waals surface area contributed by atoms with E-state index in [-0.39, 0.29) is 0 Å². The smallest absolute Gasteiger partial charge is 0.323 e. The summed E-state index contributed by atoms with van der Waals surface area (Å²) in [5, 5.41) is 12.2. The van der Waals surface area contributed by atoms with Gasteiger partial charge in [-0.25, -0.2) is 0 Å². The van der Waals surface area contributed by atoms with Gasteiger partial charge in [0.05, 0.1) is 12.0 Å². The van der Waals surface area contributed by atoms with E-state index in [0.717, 1.165) is 23.7 Å². The van der Waals surface area contributed by atoms with Crippen molar-refractivity contribution in [2.24, 2.45) is 0 Å². The molecule has 0 aromatic carbocycles. The van der Waals surface area contributed by atoms with E-state index in [1.807, 2.05) is 19.1 Å². The van der Waals surface area contributed by atoms with Crippen molar-refractivity contribution in [3.05, 3.63) is 24.2 Å². The Morgan fingerprint density at radius 3 is 2.94 bits per heavy atom. The summed E-state index contributed by atoms with van der Waals surface area (Å²) in [7, 11) is 0. The molecule has 0 aliphatic heterocycles. The maximum Gasteiger partial charge on any atom is 0.323 e. The van der Waals surface area contributed by atoms with Crippen LogP contribution >= 0.6 is 11.8 Å². The zero-order valence-corrected chi connectivity index (χ0v) is 11.8. The second-order valence-corrected chi connectivity index (χ2v) is 5.51. The topological polar surface area (TPSA) is 62.5 Å². The molecule has 1 aromatic heterocycles. The molecule has 1 unspecified atom stereocenters. The van der Waals surface area contributed by atoms with Gasteiger partial charge in [-0.3, -0.25) is 4.79 Å². The summed E-state index contributed by atoms with van der Waals surface area (Å²) < 4.78 is 5.23. The average molecular weight is 271 g/mol. The van der Waals surface area contributed by atoms with Gasteiger partial charge < -0.3 is 14.8 Å². The molecule has 0 bridgehead atoms. The Hall–Kier alpha value is -0.940. The first-order chi connectivity index (χ1) is 8.58. The van der Waals surface area contributed by atoms with Crippen LogP contribution in [0.3, 0.4) is 0 Å². The number of thioether (sulfide) groups is 1. The highest BCUT2D eigenvalue weighted by molar-refractivity contribution is 7.98. The lowest BCUT2D eigenvalue weighted by atomic mass is 9.96. The molecular formula is C13H21NO3S. The van der Waals surface area contributed by atoms with E-state index in [9.17, 15) is 9.90 Å². The summed E-state index contributed by atoms with van der Waals surface area (Å²) >= 11 is 1.77. The molecule has 1 heterocycles. The third kappa shape index (κ3) is 4.74. The van der Waals surface area contributed by atoms with E-state index in [1.54, 1.807) is 24.9 Å². The minimum absolute atomic E-state index is 0.640. The molecule has 1 atom stereocenters. The molecule has 0 spiro atoms. The average Bonchev–Trinajstić information content (AvgIpc) is 2.81. The molecule has 0 amide bonds. The van der Waals surface area contributed by atoms with Gasteiger partial charge in [0.2, 0.25) is 0 Å². The van der Waals surface area contributed by atoms with Crippen LogP contribution in [0.2, 0.25) is 0 Å². The fourth-order valence-electron chi connectivity index (χ4n) is 1.76. The van der Waals surface area contributed by atoms with Crippen LogP contribution in [0.25, 0.3) is 0 Å². The van der Waals surface area contributed by atoms with Gasteiger partial charge in [0, 0.05) is 0 Å². The Balaban J connectivity index is 2.21. The fraction of sp³-hybridized carbons (Fsp3) is 0.615. The second-order valence-electron chi connectivity index (χ2n) is 4.40. The molecule has 0 aliphatic rings. The third-order valence-corrected chi connectivity index (χ3v) is 3.89. The van der Waals surface area contributed by atoms with Crippen molar-refractivity contribution in [2.75, 3.05) is 12.3 Å². The molecule has 2 N–H and O–H groups in total. The largest absolute Gasteiger partial charge is 0.480 e. The number of carboxylic acids is 1. The Morgan fingerprint density at radius 2 is 2.39 bits per heavy atom. The molecule has 0 fully saturated rings. The van der Waals surface area contributed by atoms with Crippen molar-refractivity contribution in [3.63, 3.8) is 0 Å². The Morgan fingerprint density at radius 1 is 1.61 bits per heavy atom. The van der Waals surface area contributed by atoms with Crippen molar-refractivity contribution in [1.29, 1.82) is 0 Å². The van der Waals surface area contributed by atoms with Gasteiger partial charge in [0.15, 0.2) is 0 Å². The number of rotatable bonds is 9. The number of nitrogens with one attached hydrogen (secondary N) is 1. The monoisotopic (exact) mass is 271 g/mol. The van der Waals surface area contributed by atoms with Gasteiger partial charge in [-0.05, 0) is 44.2 Å². The van der Waals surface area contributed by atoms with E-state index >= 15 is 0 Å². The lowest BCUT2D eigenvalue weighted by molar-refractivity contribution is -0.144. The molecule has 18 heavy (non-hydrogen) atoms. The SMILES string of the molecule is CCNC(C)(CCCSCc1ccco1)C(=O)O. The minimum atomic E-state index is -0.806. The molecule has 0 aliphatic carbocycles. The highest BCUT2D eigenvalue weighted by Crippen LogP contribution is 2.18. The van der Waals surface area contributed by atoms with Crippen LogP contribution in [-0.4, -0.2) is 28.9 Å². The Labute approximate surface area is 112 Å². The summed E-state index contributed by atoms with van der Waals surface area (Å²) in [6.07, 6.45) is 3.19. The van der Waals surface area contributed by atoms with Crippen LogP contribution in [0.1, 0.15) is 32.4 Å². The number of furan rings is 1. The number of carboxylic acid groups (broad SMARTS) is 1. The van der Waals surface area contributed by atoms with Crippen LogP contribution in [0, 0.1) is 0 Å². The van der Waals surface area contributed by atoms with Gasteiger partial charge in [-0.15, -0.1) is 0 Å². The Bertz CT molecular complexity index is 353. The normalized spacial score (nSPS) is 14.3. The van der Waals surface area contributed by atoms with Crippen LogP contribution in [0.15, 0.2) is 22.8 Å². The van der Waals surface area contributed by atoms with Gasteiger partial charge in [0.1, 0.15) is 11.3 Å². The summed E-state index contributed by atoms with van der Waals surface area (Å²) in [5.74, 6) is 1.97. The maximum atomic E-state index is 11.2. The van der Waals surface area contributed by atoms with E-state index in [2.05, 4.69) is 5.32 Å². The molecular weight excluding hydrogens is 250 g/mol. The predicted molar refractivity (Wildman–Crippen MR) is 73.8 cm³/mol. The first kappa shape index (κ1) is 15.1. The minimum Gasteiger partial charge on any atom is -0.480 e. The van der Waals surface area contributed by atoms with Crippen molar-refractivity contribution in [3.8, 4) is 0 Å². The van der Waals surface area contributed by atoms with E-state index in [1.165, 1.54) is 0 Å². The van der Waals surface area contributed by atoms with Crippen molar-refractivity contribution in [2.45, 2.75) is 38.0 Å². The third-order valence-electron chi connectivity index (χ3n) is 2.83. The number of aliphatic carboxylic acids is 1. The van der Waals surface area contributed by atoms with Crippen LogP contribution < -0.4 is 5.32 Å². The molecule has 0 saturated heterocycles. The van der Waals surface area contributed by atoms with Gasteiger partial charge >= 0.3 is 5.97 Å². The standard InChI is InChI=1S/C13H21NO3S/c1-3-14-13(2,12(15)16)7-5-9-18-10-11-6-4-8-17-11/h4,6,8,14H,3,5,7,9-10H2,1-2H3,(H,15,16). The van der Waals surface area contributed by atoms with E-state index < -0.39 is 11.5 Å². The Kier molecular flexibility index (Phi) is 6.29. The lowest BCUT2D eigenvalue weighted by Gasteiger charge is -2.25. The van der Waals surface area contributed by atoms with Crippen LogP contribution in [-0.2, 0) is 10.5 Å². The van der Waals surface area contributed by atoms with Gasteiger partial charge in [-0.1, -0.05) is 6.92 Å². The zero-order chi connectivity index (χ0) is 13.4. The molecule has 1 rings (SSSR count). The highest BCUT2D eigenvalue weighted by Gasteiger charge is 2.30. The molecule has 1 aromatic rings.